The van der Waals surface area contributed by atoms with Gasteiger partial charge in [0.1, 0.15) is 29.8 Å². The van der Waals surface area contributed by atoms with Crippen molar-refractivity contribution in [3.05, 3.63) is 63.9 Å². The minimum absolute atomic E-state index is 0. The van der Waals surface area contributed by atoms with E-state index in [1.165, 1.54) is 19.1 Å². The quantitative estimate of drug-likeness (QED) is 0.341. The van der Waals surface area contributed by atoms with Gasteiger partial charge in [-0.05, 0) is 57.2 Å². The Morgan fingerprint density at radius 1 is 1.19 bits per heavy atom. The summed E-state index contributed by atoms with van der Waals surface area (Å²) in [6, 6.07) is 5.49. The Morgan fingerprint density at radius 2 is 1.84 bits per heavy atom. The molecule has 0 spiro atoms. The molecule has 0 aliphatic carbocycles. The van der Waals surface area contributed by atoms with Gasteiger partial charge in [-0.1, -0.05) is 11.6 Å². The van der Waals surface area contributed by atoms with E-state index in [1.807, 2.05) is 0 Å². The van der Waals surface area contributed by atoms with Gasteiger partial charge in [-0.2, -0.15) is 0 Å². The Hall–Kier alpha value is -3.41. The number of hydrogen-bond donors (Lipinski definition) is 3. The molecule has 0 saturated heterocycles. The van der Waals surface area contributed by atoms with E-state index in [1.54, 1.807) is 26.0 Å². The number of Topliss-reactive ketones (excluding diaryl/α,β-unsaturated/α-hetero) is 1. The minimum Gasteiger partial charge on any atom is -0.484 e. The van der Waals surface area contributed by atoms with Crippen LogP contribution in [-0.2, 0) is 14.3 Å². The zero-order valence-corrected chi connectivity index (χ0v) is 21.5. The summed E-state index contributed by atoms with van der Waals surface area (Å²) in [5, 5.41) is 11.4. The van der Waals surface area contributed by atoms with E-state index in [4.69, 9.17) is 36.7 Å². The standard InChI is InChI=1S/C24H24ClFN2O8.ClH/c1-11(29)12-5-7-18-14(8-12)19(28-21(30)13-4-6-16(26)15(25)9-13)20(24(2,3)36-18)35-23(33)34-10-17(27)22(31)32;/h4-9,17,19-20H,10,27H2,1-3H3,(H,28,30)(H,31,32);1H/t17-,19+,20-;/m0./s1. The highest BCUT2D eigenvalue weighted by molar-refractivity contribution is 6.31. The van der Waals surface area contributed by atoms with E-state index in [9.17, 15) is 23.6 Å². The predicted molar refractivity (Wildman–Crippen MR) is 132 cm³/mol. The molecule has 1 aliphatic rings. The first-order chi connectivity index (χ1) is 16.8. The fourth-order valence-electron chi connectivity index (χ4n) is 3.60. The Morgan fingerprint density at radius 3 is 2.43 bits per heavy atom. The molecule has 0 radical (unpaired) electrons. The van der Waals surface area contributed by atoms with E-state index in [0.29, 0.717) is 16.9 Å². The molecule has 4 N–H and O–H groups in total. The predicted octanol–water partition coefficient (Wildman–Crippen LogP) is 3.68. The molecular formula is C24H25Cl2FN2O8. The van der Waals surface area contributed by atoms with Crippen molar-refractivity contribution in [2.24, 2.45) is 5.73 Å². The number of carboxylic acids is 1. The van der Waals surface area contributed by atoms with Gasteiger partial charge in [-0.3, -0.25) is 14.4 Å². The number of aliphatic carboxylic acids is 1. The van der Waals surface area contributed by atoms with Crippen molar-refractivity contribution in [2.45, 2.75) is 44.6 Å². The van der Waals surface area contributed by atoms with Gasteiger partial charge in [0.05, 0.1) is 11.1 Å². The molecule has 3 atom stereocenters. The lowest BCUT2D eigenvalue weighted by molar-refractivity contribution is -0.140. The van der Waals surface area contributed by atoms with Crippen molar-refractivity contribution in [2.75, 3.05) is 6.61 Å². The van der Waals surface area contributed by atoms with Crippen LogP contribution in [0.3, 0.4) is 0 Å². The number of carboxylic acid groups (broad SMARTS) is 1. The van der Waals surface area contributed by atoms with Crippen molar-refractivity contribution < 1.29 is 42.9 Å². The van der Waals surface area contributed by atoms with E-state index in [2.05, 4.69) is 5.32 Å². The van der Waals surface area contributed by atoms with E-state index < -0.39 is 54.2 Å². The summed E-state index contributed by atoms with van der Waals surface area (Å²) in [6.45, 7) is 3.91. The van der Waals surface area contributed by atoms with Crippen LogP contribution >= 0.6 is 24.0 Å². The first kappa shape index (κ1) is 29.8. The number of nitrogens with two attached hydrogens (primary N) is 1. The molecule has 2 aromatic carbocycles. The number of rotatable bonds is 7. The second kappa shape index (κ2) is 11.8. The Kier molecular flexibility index (Phi) is 9.48. The van der Waals surface area contributed by atoms with Crippen LogP contribution in [0.15, 0.2) is 36.4 Å². The Bertz CT molecular complexity index is 1220. The third-order valence-electron chi connectivity index (χ3n) is 5.50. The fourth-order valence-corrected chi connectivity index (χ4v) is 3.78. The maximum absolute atomic E-state index is 13.6. The van der Waals surface area contributed by atoms with Crippen LogP contribution in [0.4, 0.5) is 9.18 Å². The molecule has 1 heterocycles. The molecule has 1 amide bonds. The van der Waals surface area contributed by atoms with Gasteiger partial charge in [0.15, 0.2) is 11.9 Å². The number of carbonyl (C=O) groups is 4. The normalized spacial score (nSPS) is 18.2. The number of fused-ring (bicyclic) bond motifs is 1. The number of amides is 1. The lowest BCUT2D eigenvalue weighted by Crippen LogP contribution is -2.55. The van der Waals surface area contributed by atoms with Crippen molar-refractivity contribution >= 4 is 47.8 Å². The highest BCUT2D eigenvalue weighted by Gasteiger charge is 2.48. The van der Waals surface area contributed by atoms with Crippen molar-refractivity contribution in [3.63, 3.8) is 0 Å². The highest BCUT2D eigenvalue weighted by Crippen LogP contribution is 2.42. The van der Waals surface area contributed by atoms with Crippen LogP contribution in [0, 0.1) is 5.82 Å². The molecule has 10 nitrogen and oxygen atoms in total. The monoisotopic (exact) mass is 558 g/mol. The van der Waals surface area contributed by atoms with Crippen molar-refractivity contribution in [3.8, 4) is 5.75 Å². The second-order valence-corrected chi connectivity index (χ2v) is 9.05. The number of hydrogen-bond acceptors (Lipinski definition) is 8. The number of carbonyl (C=O) groups excluding carboxylic acids is 3. The smallest absolute Gasteiger partial charge is 0.484 e. The van der Waals surface area contributed by atoms with E-state index in [0.717, 1.165) is 12.1 Å². The van der Waals surface area contributed by atoms with Gasteiger partial charge in [0, 0.05) is 16.7 Å². The molecule has 200 valence electrons. The molecule has 2 aromatic rings. The molecule has 3 rings (SSSR count). The van der Waals surface area contributed by atoms with Crippen LogP contribution in [0.2, 0.25) is 5.02 Å². The summed E-state index contributed by atoms with van der Waals surface area (Å²) < 4.78 is 29.9. The number of benzene rings is 2. The molecule has 0 aromatic heterocycles. The largest absolute Gasteiger partial charge is 0.508 e. The summed E-state index contributed by atoms with van der Waals surface area (Å²) >= 11 is 5.81. The minimum atomic E-state index is -1.47. The lowest BCUT2D eigenvalue weighted by Gasteiger charge is -2.44. The van der Waals surface area contributed by atoms with Gasteiger partial charge in [0.25, 0.3) is 5.91 Å². The van der Waals surface area contributed by atoms with E-state index >= 15 is 0 Å². The topological polar surface area (TPSA) is 154 Å². The molecule has 0 unspecified atom stereocenters. The molecule has 0 saturated carbocycles. The van der Waals surface area contributed by atoms with Gasteiger partial charge in [-0.15, -0.1) is 12.4 Å². The zero-order chi connectivity index (χ0) is 26.8. The van der Waals surface area contributed by atoms with Gasteiger partial charge in [-0.25, -0.2) is 9.18 Å². The molecule has 0 bridgehead atoms. The molecule has 1 aliphatic heterocycles. The van der Waals surface area contributed by atoms with Crippen LogP contribution in [0.1, 0.15) is 53.1 Å². The average molecular weight is 559 g/mol. The fraction of sp³-hybridized carbons (Fsp3) is 0.333. The molecule has 37 heavy (non-hydrogen) atoms. The summed E-state index contributed by atoms with van der Waals surface area (Å²) in [6.07, 6.45) is -2.45. The highest BCUT2D eigenvalue weighted by atomic mass is 35.5. The van der Waals surface area contributed by atoms with E-state index in [-0.39, 0.29) is 28.8 Å². The number of halogens is 3. The number of ether oxygens (including phenoxy) is 3. The van der Waals surface area contributed by atoms with Crippen LogP contribution < -0.4 is 15.8 Å². The summed E-state index contributed by atoms with van der Waals surface area (Å²) in [7, 11) is 0. The third-order valence-corrected chi connectivity index (χ3v) is 5.79. The Labute approximate surface area is 222 Å². The van der Waals surface area contributed by atoms with Gasteiger partial charge >= 0.3 is 12.1 Å². The summed E-state index contributed by atoms with van der Waals surface area (Å²) in [5.41, 5.74) is 4.81. The molecule has 0 fully saturated rings. The molecular weight excluding hydrogens is 534 g/mol. The number of nitrogens with one attached hydrogen (secondary N) is 1. The van der Waals surface area contributed by atoms with Crippen LogP contribution in [0.25, 0.3) is 0 Å². The lowest BCUT2D eigenvalue weighted by atomic mass is 9.85. The molecule has 13 heteroatoms. The first-order valence-corrected chi connectivity index (χ1v) is 11.1. The third kappa shape index (κ3) is 6.88. The maximum Gasteiger partial charge on any atom is 0.508 e. The zero-order valence-electron chi connectivity index (χ0n) is 19.9. The Balaban J connectivity index is 0.00000481. The first-order valence-electron chi connectivity index (χ1n) is 10.7. The van der Waals surface area contributed by atoms with Gasteiger partial charge in [0.2, 0.25) is 0 Å². The summed E-state index contributed by atoms with van der Waals surface area (Å²) in [4.78, 5) is 48.4. The average Bonchev–Trinajstić information content (AvgIpc) is 2.80. The van der Waals surface area contributed by atoms with Crippen LogP contribution in [-0.4, -0.2) is 53.3 Å². The summed E-state index contributed by atoms with van der Waals surface area (Å²) in [5.74, 6) is -2.68. The maximum atomic E-state index is 13.6. The SMILES string of the molecule is CC(=O)c1ccc2c(c1)[C@@H](NC(=O)c1ccc(F)c(Cl)c1)[C@H](OC(=O)OC[C@H](N)C(=O)O)C(C)(C)O2.Cl. The second-order valence-electron chi connectivity index (χ2n) is 8.64. The number of ketones is 1. The van der Waals surface area contributed by atoms with Crippen molar-refractivity contribution in [1.29, 1.82) is 0 Å². The van der Waals surface area contributed by atoms with Crippen LogP contribution in [0.5, 0.6) is 5.75 Å². The van der Waals surface area contributed by atoms with Gasteiger partial charge < -0.3 is 30.4 Å². The van der Waals surface area contributed by atoms with Crippen molar-refractivity contribution in [1.82, 2.24) is 5.32 Å².